The molecule has 1 aliphatic heterocycles. The number of nitrogens with zero attached hydrogens (tertiary/aromatic N) is 2. The molecule has 0 aliphatic carbocycles. The van der Waals surface area contributed by atoms with Crippen LogP contribution in [0.15, 0.2) is 48.8 Å². The zero-order valence-corrected chi connectivity index (χ0v) is 10.8. The second kappa shape index (κ2) is 4.21. The molecular weight excluding hydrogens is 266 g/mol. The number of benzene rings is 1. The Morgan fingerprint density at radius 2 is 1.71 bits per heavy atom. The van der Waals surface area contributed by atoms with Crippen LogP contribution in [-0.4, -0.2) is 21.8 Å². The molecule has 2 amide bonds. The predicted molar refractivity (Wildman–Crippen MR) is 78.2 cm³/mol. The minimum absolute atomic E-state index is 0.365. The van der Waals surface area contributed by atoms with Crippen molar-refractivity contribution in [2.24, 2.45) is 0 Å². The lowest BCUT2D eigenvalue weighted by molar-refractivity contribution is -0.123. The van der Waals surface area contributed by atoms with E-state index in [9.17, 15) is 9.59 Å². The van der Waals surface area contributed by atoms with E-state index < -0.39 is 5.91 Å². The van der Waals surface area contributed by atoms with E-state index in [1.807, 2.05) is 24.3 Å². The van der Waals surface area contributed by atoms with Gasteiger partial charge < -0.3 is 0 Å². The highest BCUT2D eigenvalue weighted by Crippen LogP contribution is 2.31. The van der Waals surface area contributed by atoms with E-state index in [2.05, 4.69) is 15.3 Å². The molecule has 0 saturated heterocycles. The Morgan fingerprint density at radius 3 is 2.48 bits per heavy atom. The number of carbonyl (C=O) groups is 2. The van der Waals surface area contributed by atoms with E-state index in [0.717, 1.165) is 21.8 Å². The van der Waals surface area contributed by atoms with Gasteiger partial charge in [-0.1, -0.05) is 12.1 Å². The van der Waals surface area contributed by atoms with Crippen molar-refractivity contribution >= 4 is 39.2 Å². The van der Waals surface area contributed by atoms with Gasteiger partial charge in [0.1, 0.15) is 0 Å². The molecule has 0 fully saturated rings. The number of carbonyl (C=O) groups excluding carboxylic acids is 2. The molecule has 0 bridgehead atoms. The molecule has 3 aromatic rings. The average Bonchev–Trinajstić information content (AvgIpc) is 2.85. The summed E-state index contributed by atoms with van der Waals surface area (Å²) in [4.78, 5) is 32.1. The van der Waals surface area contributed by atoms with Crippen molar-refractivity contribution in [1.82, 2.24) is 15.3 Å². The zero-order chi connectivity index (χ0) is 14.4. The highest BCUT2D eigenvalue weighted by atomic mass is 16.2. The van der Waals surface area contributed by atoms with Crippen LogP contribution in [0.4, 0.5) is 0 Å². The fourth-order valence-corrected chi connectivity index (χ4v) is 2.61. The van der Waals surface area contributed by atoms with Crippen LogP contribution >= 0.6 is 0 Å². The van der Waals surface area contributed by atoms with Crippen LogP contribution in [-0.2, 0) is 9.59 Å². The van der Waals surface area contributed by atoms with E-state index in [1.54, 1.807) is 18.5 Å². The van der Waals surface area contributed by atoms with Gasteiger partial charge in [-0.3, -0.25) is 24.9 Å². The fraction of sp³-hybridized carbons (Fsp3) is 0. The molecule has 4 rings (SSSR count). The molecule has 3 heterocycles. The number of nitrogens with one attached hydrogen (secondary N) is 1. The van der Waals surface area contributed by atoms with Gasteiger partial charge in [-0.25, -0.2) is 0 Å². The van der Waals surface area contributed by atoms with Crippen molar-refractivity contribution in [3.8, 4) is 0 Å². The number of pyridine rings is 2. The summed E-state index contributed by atoms with van der Waals surface area (Å²) in [6.07, 6.45) is 4.72. The average molecular weight is 275 g/mol. The highest BCUT2D eigenvalue weighted by Gasteiger charge is 2.24. The van der Waals surface area contributed by atoms with Crippen LogP contribution in [0.25, 0.3) is 27.4 Å². The van der Waals surface area contributed by atoms with Crippen molar-refractivity contribution in [2.45, 2.75) is 0 Å². The Morgan fingerprint density at radius 1 is 0.952 bits per heavy atom. The Labute approximate surface area is 119 Å². The minimum atomic E-state index is -0.390. The van der Waals surface area contributed by atoms with Crippen molar-refractivity contribution < 1.29 is 9.59 Å². The molecule has 0 saturated carbocycles. The summed E-state index contributed by atoms with van der Waals surface area (Å²) in [6.45, 7) is 0. The third-order valence-corrected chi connectivity index (χ3v) is 3.51. The molecule has 0 unspecified atom stereocenters. The summed E-state index contributed by atoms with van der Waals surface area (Å²) in [5.74, 6) is -0.772. The monoisotopic (exact) mass is 275 g/mol. The summed E-state index contributed by atoms with van der Waals surface area (Å²) >= 11 is 0. The quantitative estimate of drug-likeness (QED) is 0.543. The summed E-state index contributed by atoms with van der Waals surface area (Å²) in [6, 6.07) is 9.29. The van der Waals surface area contributed by atoms with Crippen LogP contribution in [0.3, 0.4) is 0 Å². The van der Waals surface area contributed by atoms with Crippen molar-refractivity contribution in [3.05, 3.63) is 54.4 Å². The number of amides is 2. The topological polar surface area (TPSA) is 72.0 Å². The minimum Gasteiger partial charge on any atom is -0.289 e. The molecule has 1 aliphatic rings. The SMILES string of the molecule is O=C1C=C(c2cc3cccnc3c3ncccc23)C(=O)N1. The second-order valence-corrected chi connectivity index (χ2v) is 4.78. The van der Waals surface area contributed by atoms with Crippen LogP contribution in [0, 0.1) is 0 Å². The fourth-order valence-electron chi connectivity index (χ4n) is 2.61. The lowest BCUT2D eigenvalue weighted by Gasteiger charge is -2.08. The number of rotatable bonds is 1. The summed E-state index contributed by atoms with van der Waals surface area (Å²) in [7, 11) is 0. The Balaban J connectivity index is 2.15. The molecule has 21 heavy (non-hydrogen) atoms. The van der Waals surface area contributed by atoms with Gasteiger partial charge in [0.25, 0.3) is 11.8 Å². The molecule has 0 radical (unpaired) electrons. The normalized spacial score (nSPS) is 14.6. The number of imide groups is 1. The van der Waals surface area contributed by atoms with Crippen LogP contribution in [0.2, 0.25) is 0 Å². The number of fused-ring (bicyclic) bond motifs is 3. The van der Waals surface area contributed by atoms with Gasteiger partial charge in [0.2, 0.25) is 0 Å². The highest BCUT2D eigenvalue weighted by molar-refractivity contribution is 6.35. The van der Waals surface area contributed by atoms with Gasteiger partial charge >= 0.3 is 0 Å². The van der Waals surface area contributed by atoms with E-state index in [1.165, 1.54) is 6.08 Å². The maximum atomic E-state index is 11.9. The first kappa shape index (κ1) is 11.7. The van der Waals surface area contributed by atoms with Gasteiger partial charge in [0.05, 0.1) is 16.6 Å². The van der Waals surface area contributed by atoms with Crippen LogP contribution < -0.4 is 5.32 Å². The van der Waals surface area contributed by atoms with E-state index in [-0.39, 0.29) is 5.91 Å². The van der Waals surface area contributed by atoms with E-state index in [4.69, 9.17) is 0 Å². The third kappa shape index (κ3) is 1.71. The molecular formula is C16H9N3O2. The van der Waals surface area contributed by atoms with Crippen molar-refractivity contribution in [1.29, 1.82) is 0 Å². The maximum Gasteiger partial charge on any atom is 0.258 e. The van der Waals surface area contributed by atoms with E-state index >= 15 is 0 Å². The van der Waals surface area contributed by atoms with Crippen LogP contribution in [0.1, 0.15) is 5.56 Å². The maximum absolute atomic E-state index is 11.9. The van der Waals surface area contributed by atoms with Crippen LogP contribution in [0.5, 0.6) is 0 Å². The summed E-state index contributed by atoms with van der Waals surface area (Å²) in [5.41, 5.74) is 2.56. The summed E-state index contributed by atoms with van der Waals surface area (Å²) < 4.78 is 0. The van der Waals surface area contributed by atoms with Gasteiger partial charge in [-0.2, -0.15) is 0 Å². The van der Waals surface area contributed by atoms with Crippen molar-refractivity contribution in [2.75, 3.05) is 0 Å². The second-order valence-electron chi connectivity index (χ2n) is 4.78. The Hall–Kier alpha value is -3.08. The van der Waals surface area contributed by atoms with Gasteiger partial charge in [0, 0.05) is 29.2 Å². The Bertz CT molecular complexity index is 960. The molecule has 5 heteroatoms. The zero-order valence-electron chi connectivity index (χ0n) is 10.8. The lowest BCUT2D eigenvalue weighted by Crippen LogP contribution is -2.21. The molecule has 100 valence electrons. The standard InChI is InChI=1S/C16H9N3O2/c20-13-8-12(16(21)19-13)11-7-9-3-1-5-17-14(9)15-10(11)4-2-6-18-15/h1-8H,(H,19,20,21). The number of aromatic nitrogens is 2. The van der Waals surface area contributed by atoms with Gasteiger partial charge in [0.15, 0.2) is 0 Å². The molecule has 5 nitrogen and oxygen atoms in total. The molecule has 0 spiro atoms. The number of hydrogen-bond acceptors (Lipinski definition) is 4. The first-order valence-electron chi connectivity index (χ1n) is 6.44. The first-order valence-corrected chi connectivity index (χ1v) is 6.44. The molecule has 0 atom stereocenters. The van der Waals surface area contributed by atoms with Gasteiger partial charge in [-0.05, 0) is 23.8 Å². The summed E-state index contributed by atoms with van der Waals surface area (Å²) in [5, 5.41) is 3.96. The first-order chi connectivity index (χ1) is 10.2. The molecule has 1 N–H and O–H groups in total. The molecule has 2 aromatic heterocycles. The van der Waals surface area contributed by atoms with E-state index in [0.29, 0.717) is 11.1 Å². The molecule has 1 aromatic carbocycles. The third-order valence-electron chi connectivity index (χ3n) is 3.51. The predicted octanol–water partition coefficient (Wildman–Crippen LogP) is 1.82. The van der Waals surface area contributed by atoms with Crippen molar-refractivity contribution in [3.63, 3.8) is 0 Å². The lowest BCUT2D eigenvalue weighted by atomic mass is 9.98. The Kier molecular flexibility index (Phi) is 2.35. The smallest absolute Gasteiger partial charge is 0.258 e. The largest absolute Gasteiger partial charge is 0.289 e. The number of hydrogen-bond donors (Lipinski definition) is 1. The van der Waals surface area contributed by atoms with Gasteiger partial charge in [-0.15, -0.1) is 0 Å².